The number of alkyl halides is 1. The second-order valence-electron chi connectivity index (χ2n) is 3.56. The van der Waals surface area contributed by atoms with E-state index in [-0.39, 0.29) is 6.04 Å². The first-order valence-corrected chi connectivity index (χ1v) is 7.95. The number of nitrogens with one attached hydrogen (secondary N) is 1. The monoisotopic (exact) mass is 299 g/mol. The molecule has 6 heteroatoms. The summed E-state index contributed by atoms with van der Waals surface area (Å²) in [6, 6.07) is 0.0427. The van der Waals surface area contributed by atoms with Crippen LogP contribution in [0.4, 0.5) is 0 Å². The zero-order chi connectivity index (χ0) is 12.1. The molecule has 15 heavy (non-hydrogen) atoms. The molecule has 90 valence electrons. The third-order valence-electron chi connectivity index (χ3n) is 2.31. The first kappa shape index (κ1) is 14.9. The van der Waals surface area contributed by atoms with Gasteiger partial charge in [-0.25, -0.2) is 8.42 Å². The van der Waals surface area contributed by atoms with Crippen molar-refractivity contribution in [2.45, 2.75) is 38.0 Å². The smallest absolute Gasteiger partial charge is 0.238 e. The molecule has 2 unspecified atom stereocenters. The molecule has 0 saturated heterocycles. The molecule has 0 saturated carbocycles. The molecule has 1 N–H and O–H groups in total. The molecule has 0 aromatic carbocycles. The number of halogens is 1. The first-order valence-electron chi connectivity index (χ1n) is 4.88. The average Bonchev–Trinajstić information content (AvgIpc) is 2.14. The lowest BCUT2D eigenvalue weighted by Crippen LogP contribution is -2.43. The summed E-state index contributed by atoms with van der Waals surface area (Å²) in [5.74, 6) is -0.412. The Morgan fingerprint density at radius 2 is 2.00 bits per heavy atom. The van der Waals surface area contributed by atoms with Gasteiger partial charge in [-0.3, -0.25) is 4.79 Å². The predicted octanol–water partition coefficient (Wildman–Crippen LogP) is 1.10. The van der Waals surface area contributed by atoms with Crippen molar-refractivity contribution in [2.24, 2.45) is 0 Å². The van der Waals surface area contributed by atoms with Crippen LogP contribution in [0.5, 0.6) is 0 Å². The van der Waals surface area contributed by atoms with Crippen molar-refractivity contribution in [1.29, 1.82) is 0 Å². The number of rotatable bonds is 6. The average molecular weight is 300 g/mol. The van der Waals surface area contributed by atoms with E-state index >= 15 is 0 Å². The number of carbonyl (C=O) groups is 1. The Bertz CT molecular complexity index is 302. The van der Waals surface area contributed by atoms with Gasteiger partial charge in [-0.15, -0.1) is 0 Å². The molecule has 0 aliphatic rings. The number of amides is 1. The maximum Gasteiger partial charge on any atom is 0.238 e. The lowest BCUT2D eigenvalue weighted by atomic mass is 10.1. The van der Waals surface area contributed by atoms with Gasteiger partial charge in [0, 0.05) is 17.6 Å². The van der Waals surface area contributed by atoms with Crippen LogP contribution in [0.15, 0.2) is 0 Å². The molecule has 2 atom stereocenters. The summed E-state index contributed by atoms with van der Waals surface area (Å²) < 4.78 is 22.3. The molecule has 0 bridgehead atoms. The highest BCUT2D eigenvalue weighted by atomic mass is 79.9. The van der Waals surface area contributed by atoms with E-state index in [1.807, 2.05) is 6.92 Å². The van der Waals surface area contributed by atoms with Crippen LogP contribution in [0, 0.1) is 0 Å². The third kappa shape index (κ3) is 5.51. The van der Waals surface area contributed by atoms with Crippen molar-refractivity contribution in [3.8, 4) is 0 Å². The van der Waals surface area contributed by atoms with E-state index in [9.17, 15) is 13.2 Å². The van der Waals surface area contributed by atoms with Crippen LogP contribution in [0.3, 0.4) is 0 Å². The van der Waals surface area contributed by atoms with Gasteiger partial charge < -0.3 is 5.32 Å². The summed E-state index contributed by atoms with van der Waals surface area (Å²) in [6.07, 6.45) is 2.68. The van der Waals surface area contributed by atoms with Crippen molar-refractivity contribution in [3.05, 3.63) is 0 Å². The number of carbonyl (C=O) groups excluding carboxylic acids is 1. The van der Waals surface area contributed by atoms with E-state index in [1.54, 1.807) is 0 Å². The minimum absolute atomic E-state index is 0.0427. The minimum atomic E-state index is -3.29. The van der Waals surface area contributed by atoms with E-state index in [0.717, 1.165) is 24.4 Å². The molecule has 0 radical (unpaired) electrons. The van der Waals surface area contributed by atoms with Gasteiger partial charge in [-0.05, 0) is 19.8 Å². The highest BCUT2D eigenvalue weighted by Crippen LogP contribution is 2.04. The molecular formula is C9H18BrNO3S. The Morgan fingerprint density at radius 1 is 1.47 bits per heavy atom. The van der Waals surface area contributed by atoms with E-state index in [0.29, 0.717) is 0 Å². The molecule has 0 aliphatic carbocycles. The molecule has 1 amide bonds. The van der Waals surface area contributed by atoms with Crippen LogP contribution in [0.1, 0.15) is 26.7 Å². The van der Waals surface area contributed by atoms with Crippen LogP contribution >= 0.6 is 15.9 Å². The molecule has 4 nitrogen and oxygen atoms in total. The summed E-state index contributed by atoms with van der Waals surface area (Å²) in [6.45, 7) is 3.37. The lowest BCUT2D eigenvalue weighted by molar-refractivity contribution is -0.121. The largest absolute Gasteiger partial charge is 0.352 e. The summed E-state index contributed by atoms with van der Waals surface area (Å²) >= 11 is 3.29. The van der Waals surface area contributed by atoms with E-state index in [4.69, 9.17) is 0 Å². The molecule has 0 aromatic rings. The van der Waals surface area contributed by atoms with Gasteiger partial charge in [0.15, 0.2) is 9.84 Å². The van der Waals surface area contributed by atoms with E-state index in [2.05, 4.69) is 21.2 Å². The van der Waals surface area contributed by atoms with Crippen LogP contribution in [0.2, 0.25) is 0 Å². The van der Waals surface area contributed by atoms with Crippen molar-refractivity contribution < 1.29 is 13.2 Å². The Morgan fingerprint density at radius 3 is 2.33 bits per heavy atom. The van der Waals surface area contributed by atoms with Crippen LogP contribution < -0.4 is 5.32 Å². The SMILES string of the molecule is CCC(CCBr)NC(=O)C(C)S(C)(=O)=O. The second-order valence-corrected chi connectivity index (χ2v) is 6.72. The summed E-state index contributed by atoms with van der Waals surface area (Å²) in [5, 5.41) is 2.55. The zero-order valence-electron chi connectivity index (χ0n) is 9.29. The summed E-state index contributed by atoms with van der Waals surface area (Å²) in [5.41, 5.74) is 0. The van der Waals surface area contributed by atoms with Gasteiger partial charge >= 0.3 is 0 Å². The molecule has 0 heterocycles. The Kier molecular flexibility index (Phi) is 6.43. The number of sulfone groups is 1. The van der Waals surface area contributed by atoms with Gasteiger partial charge in [0.1, 0.15) is 5.25 Å². The molecule has 0 aromatic heterocycles. The van der Waals surface area contributed by atoms with Crippen molar-refractivity contribution in [1.82, 2.24) is 5.32 Å². The fraction of sp³-hybridized carbons (Fsp3) is 0.889. The fourth-order valence-corrected chi connectivity index (χ4v) is 2.03. The second kappa shape index (κ2) is 6.48. The van der Waals surface area contributed by atoms with Crippen molar-refractivity contribution in [2.75, 3.05) is 11.6 Å². The molecular weight excluding hydrogens is 282 g/mol. The standard InChI is InChI=1S/C9H18BrNO3S/c1-4-8(5-6-10)11-9(12)7(2)15(3,13)14/h7-8H,4-6H2,1-3H3,(H,11,12). The highest BCUT2D eigenvalue weighted by molar-refractivity contribution is 9.09. The third-order valence-corrected chi connectivity index (χ3v) is 4.26. The summed E-state index contributed by atoms with van der Waals surface area (Å²) in [4.78, 5) is 11.5. The van der Waals surface area contributed by atoms with Gasteiger partial charge in [0.2, 0.25) is 5.91 Å². The molecule has 0 fully saturated rings. The maximum absolute atomic E-state index is 11.5. The summed E-state index contributed by atoms with van der Waals surface area (Å²) in [7, 11) is -3.29. The topological polar surface area (TPSA) is 63.2 Å². The van der Waals surface area contributed by atoms with Crippen LogP contribution in [-0.4, -0.2) is 37.2 Å². The van der Waals surface area contributed by atoms with Crippen LogP contribution in [0.25, 0.3) is 0 Å². The minimum Gasteiger partial charge on any atom is -0.352 e. The van der Waals surface area contributed by atoms with Crippen molar-refractivity contribution in [3.63, 3.8) is 0 Å². The molecule has 0 aliphatic heterocycles. The Balaban J connectivity index is 4.35. The van der Waals surface area contributed by atoms with Crippen molar-refractivity contribution >= 4 is 31.7 Å². The lowest BCUT2D eigenvalue weighted by Gasteiger charge is -2.18. The van der Waals surface area contributed by atoms with Crippen LogP contribution in [-0.2, 0) is 14.6 Å². The molecule has 0 rings (SSSR count). The number of hydrogen-bond acceptors (Lipinski definition) is 3. The quantitative estimate of drug-likeness (QED) is 0.747. The van der Waals surface area contributed by atoms with Gasteiger partial charge in [-0.1, -0.05) is 22.9 Å². The predicted molar refractivity (Wildman–Crippen MR) is 64.9 cm³/mol. The Labute approximate surface area is 99.9 Å². The Hall–Kier alpha value is -0.100. The van der Waals surface area contributed by atoms with Gasteiger partial charge in [0.05, 0.1) is 0 Å². The number of hydrogen-bond donors (Lipinski definition) is 1. The van der Waals surface area contributed by atoms with Gasteiger partial charge in [-0.2, -0.15) is 0 Å². The highest BCUT2D eigenvalue weighted by Gasteiger charge is 2.24. The zero-order valence-corrected chi connectivity index (χ0v) is 11.7. The van der Waals surface area contributed by atoms with Gasteiger partial charge in [0.25, 0.3) is 0 Å². The fourth-order valence-electron chi connectivity index (χ4n) is 1.02. The van der Waals surface area contributed by atoms with E-state index < -0.39 is 21.0 Å². The maximum atomic E-state index is 11.5. The van der Waals surface area contributed by atoms with E-state index in [1.165, 1.54) is 6.92 Å². The normalized spacial score (nSPS) is 15.7. The first-order chi connectivity index (χ1) is 6.82. The molecule has 0 spiro atoms.